The van der Waals surface area contributed by atoms with E-state index >= 15 is 0 Å². The lowest BCUT2D eigenvalue weighted by Crippen LogP contribution is -2.28. The highest BCUT2D eigenvalue weighted by Gasteiger charge is 2.25. The zero-order valence-corrected chi connectivity index (χ0v) is 10.8. The fraction of sp³-hybridized carbons (Fsp3) is 0.571. The number of hydrogen-bond acceptors (Lipinski definition) is 3. The van der Waals surface area contributed by atoms with Gasteiger partial charge in [-0.1, -0.05) is 0 Å². The molecule has 1 fully saturated rings. The molecular weight excluding hydrogens is 231 g/mol. The van der Waals surface area contributed by atoms with Crippen LogP contribution >= 0.6 is 0 Å². The summed E-state index contributed by atoms with van der Waals surface area (Å²) < 4.78 is 13.2. The van der Waals surface area contributed by atoms with Crippen molar-refractivity contribution in [2.45, 2.75) is 38.3 Å². The lowest BCUT2D eigenvalue weighted by atomic mass is 9.98. The van der Waals surface area contributed by atoms with Crippen LogP contribution in [-0.4, -0.2) is 28.7 Å². The first-order valence-corrected chi connectivity index (χ1v) is 6.45. The average molecular weight is 252 g/mol. The molecule has 0 aliphatic carbocycles. The van der Waals surface area contributed by atoms with Gasteiger partial charge >= 0.3 is 0 Å². The fourth-order valence-electron chi connectivity index (χ4n) is 2.43. The molecule has 0 bridgehead atoms. The van der Waals surface area contributed by atoms with Gasteiger partial charge in [-0.3, -0.25) is 4.90 Å². The van der Waals surface area contributed by atoms with Gasteiger partial charge in [0.25, 0.3) is 0 Å². The summed E-state index contributed by atoms with van der Waals surface area (Å²) >= 11 is 0. The predicted octanol–water partition coefficient (Wildman–Crippen LogP) is 2.14. The second-order valence-electron chi connectivity index (χ2n) is 5.47. The number of nitrogens with zero attached hydrogens (tertiary/aromatic N) is 1. The minimum atomic E-state index is -0.567. The van der Waals surface area contributed by atoms with E-state index in [4.69, 9.17) is 5.73 Å². The number of halogens is 1. The summed E-state index contributed by atoms with van der Waals surface area (Å²) in [6.07, 6.45) is 2.53. The molecule has 1 heterocycles. The molecule has 100 valence electrons. The van der Waals surface area contributed by atoms with Gasteiger partial charge in [-0.15, -0.1) is 0 Å². The van der Waals surface area contributed by atoms with E-state index in [1.807, 2.05) is 6.92 Å². The molecule has 1 saturated heterocycles. The van der Waals surface area contributed by atoms with Crippen LogP contribution < -0.4 is 5.73 Å². The predicted molar refractivity (Wildman–Crippen MR) is 70.6 cm³/mol. The first-order valence-electron chi connectivity index (χ1n) is 6.45. The van der Waals surface area contributed by atoms with Gasteiger partial charge in [-0.2, -0.15) is 0 Å². The molecule has 0 amide bonds. The van der Waals surface area contributed by atoms with Crippen molar-refractivity contribution in [2.24, 2.45) is 0 Å². The summed E-state index contributed by atoms with van der Waals surface area (Å²) in [5, 5.41) is 10.0. The molecular formula is C14H21FN2O. The Bertz CT molecular complexity index is 420. The summed E-state index contributed by atoms with van der Waals surface area (Å²) in [5.41, 5.74) is 6.75. The van der Waals surface area contributed by atoms with Crippen molar-refractivity contribution in [1.29, 1.82) is 0 Å². The van der Waals surface area contributed by atoms with E-state index in [-0.39, 0.29) is 5.82 Å². The Morgan fingerprint density at radius 1 is 1.39 bits per heavy atom. The Balaban J connectivity index is 2.03. The van der Waals surface area contributed by atoms with Crippen molar-refractivity contribution in [2.75, 3.05) is 18.8 Å². The van der Waals surface area contributed by atoms with E-state index in [1.165, 1.54) is 12.1 Å². The third kappa shape index (κ3) is 3.43. The second-order valence-corrected chi connectivity index (χ2v) is 5.47. The highest BCUT2D eigenvalue weighted by molar-refractivity contribution is 5.46. The molecule has 1 unspecified atom stereocenters. The van der Waals surface area contributed by atoms with Gasteiger partial charge in [0, 0.05) is 18.8 Å². The van der Waals surface area contributed by atoms with Crippen molar-refractivity contribution >= 4 is 5.69 Å². The normalized spacial score (nSPS) is 25.9. The van der Waals surface area contributed by atoms with Gasteiger partial charge in [-0.05, 0) is 56.5 Å². The number of nitrogens with two attached hydrogens (primary N) is 1. The van der Waals surface area contributed by atoms with Gasteiger partial charge in [0.2, 0.25) is 0 Å². The maximum absolute atomic E-state index is 13.2. The average Bonchev–Trinajstić information content (AvgIpc) is 2.46. The van der Waals surface area contributed by atoms with Gasteiger partial charge in [0.1, 0.15) is 5.82 Å². The van der Waals surface area contributed by atoms with Crippen LogP contribution in [0.4, 0.5) is 10.1 Å². The standard InChI is InChI=1S/C14H21FN2O/c1-14(18)5-2-7-17(8-6-14)10-11-9-12(15)3-4-13(11)16/h3-4,9,18H,2,5-8,10,16H2,1H3. The maximum Gasteiger partial charge on any atom is 0.123 e. The Labute approximate surface area is 107 Å². The van der Waals surface area contributed by atoms with Gasteiger partial charge in [0.15, 0.2) is 0 Å². The van der Waals surface area contributed by atoms with Crippen LogP contribution in [0.2, 0.25) is 0 Å². The number of anilines is 1. The number of hydrogen-bond donors (Lipinski definition) is 2. The number of aliphatic hydroxyl groups is 1. The molecule has 1 aromatic carbocycles. The molecule has 1 aromatic rings. The van der Waals surface area contributed by atoms with Crippen molar-refractivity contribution in [1.82, 2.24) is 4.90 Å². The SMILES string of the molecule is CC1(O)CCCN(Cc2cc(F)ccc2N)CC1. The van der Waals surface area contributed by atoms with E-state index in [9.17, 15) is 9.50 Å². The Kier molecular flexibility index (Phi) is 3.88. The van der Waals surface area contributed by atoms with Crippen molar-refractivity contribution < 1.29 is 9.50 Å². The molecule has 1 aliphatic rings. The van der Waals surface area contributed by atoms with Crippen LogP contribution in [0.3, 0.4) is 0 Å². The number of rotatable bonds is 2. The van der Waals surface area contributed by atoms with Crippen LogP contribution in [0.1, 0.15) is 31.7 Å². The lowest BCUT2D eigenvalue weighted by Gasteiger charge is -2.23. The quantitative estimate of drug-likeness (QED) is 0.793. The number of nitrogen functional groups attached to an aromatic ring is 1. The Morgan fingerprint density at radius 3 is 2.94 bits per heavy atom. The first-order chi connectivity index (χ1) is 8.46. The molecule has 0 aromatic heterocycles. The van der Waals surface area contributed by atoms with Gasteiger partial charge in [-0.25, -0.2) is 4.39 Å². The number of benzene rings is 1. The molecule has 2 rings (SSSR count). The number of likely N-dealkylation sites (tertiary alicyclic amines) is 1. The van der Waals surface area contributed by atoms with Gasteiger partial charge in [0.05, 0.1) is 5.60 Å². The molecule has 18 heavy (non-hydrogen) atoms. The van der Waals surface area contributed by atoms with Crippen molar-refractivity contribution in [3.63, 3.8) is 0 Å². The van der Waals surface area contributed by atoms with Crippen LogP contribution in [0, 0.1) is 5.82 Å². The molecule has 3 N–H and O–H groups in total. The topological polar surface area (TPSA) is 49.5 Å². The first kappa shape index (κ1) is 13.3. The monoisotopic (exact) mass is 252 g/mol. The van der Waals surface area contributed by atoms with E-state index < -0.39 is 5.60 Å². The highest BCUT2D eigenvalue weighted by Crippen LogP contribution is 2.23. The maximum atomic E-state index is 13.2. The van der Waals surface area contributed by atoms with E-state index in [0.29, 0.717) is 12.2 Å². The van der Waals surface area contributed by atoms with E-state index in [0.717, 1.165) is 37.9 Å². The molecule has 4 heteroatoms. The van der Waals surface area contributed by atoms with Crippen molar-refractivity contribution in [3.05, 3.63) is 29.6 Å². The van der Waals surface area contributed by atoms with Crippen LogP contribution in [0.15, 0.2) is 18.2 Å². The minimum absolute atomic E-state index is 0.249. The molecule has 0 spiro atoms. The van der Waals surface area contributed by atoms with E-state index in [1.54, 1.807) is 6.07 Å². The molecule has 1 aliphatic heterocycles. The Hall–Kier alpha value is -1.13. The van der Waals surface area contributed by atoms with Crippen LogP contribution in [0.25, 0.3) is 0 Å². The highest BCUT2D eigenvalue weighted by atomic mass is 19.1. The summed E-state index contributed by atoms with van der Waals surface area (Å²) in [6.45, 7) is 4.28. The third-order valence-electron chi connectivity index (χ3n) is 3.66. The molecule has 0 saturated carbocycles. The second kappa shape index (κ2) is 5.24. The third-order valence-corrected chi connectivity index (χ3v) is 3.66. The van der Waals surface area contributed by atoms with Crippen LogP contribution in [0.5, 0.6) is 0 Å². The Morgan fingerprint density at radius 2 is 2.17 bits per heavy atom. The zero-order chi connectivity index (χ0) is 13.2. The van der Waals surface area contributed by atoms with Gasteiger partial charge < -0.3 is 10.8 Å². The molecule has 3 nitrogen and oxygen atoms in total. The van der Waals surface area contributed by atoms with Crippen LogP contribution in [-0.2, 0) is 6.54 Å². The summed E-state index contributed by atoms with van der Waals surface area (Å²) in [6, 6.07) is 4.49. The minimum Gasteiger partial charge on any atom is -0.398 e. The largest absolute Gasteiger partial charge is 0.398 e. The fourth-order valence-corrected chi connectivity index (χ4v) is 2.43. The smallest absolute Gasteiger partial charge is 0.123 e. The summed E-state index contributed by atoms with van der Waals surface area (Å²) in [7, 11) is 0. The van der Waals surface area contributed by atoms with Crippen molar-refractivity contribution in [3.8, 4) is 0 Å². The van der Waals surface area contributed by atoms with E-state index in [2.05, 4.69) is 4.90 Å². The summed E-state index contributed by atoms with van der Waals surface area (Å²) in [5.74, 6) is -0.249. The molecule has 0 radical (unpaired) electrons. The lowest BCUT2D eigenvalue weighted by molar-refractivity contribution is 0.0444. The zero-order valence-electron chi connectivity index (χ0n) is 10.8. The molecule has 1 atom stereocenters. The summed E-state index contributed by atoms with van der Waals surface area (Å²) in [4.78, 5) is 2.23.